The van der Waals surface area contributed by atoms with E-state index in [1.807, 2.05) is 36.4 Å². The number of fused-ring (bicyclic) bond motifs is 1. The number of methoxy groups -OCH3 is 2. The molecule has 3 aromatic rings. The third kappa shape index (κ3) is 9.87. The molecule has 1 heterocycles. The summed E-state index contributed by atoms with van der Waals surface area (Å²) in [6.45, 7) is 9.71. The average molecular weight is 580 g/mol. The van der Waals surface area contributed by atoms with Gasteiger partial charge in [0.15, 0.2) is 11.5 Å². The fourth-order valence-corrected chi connectivity index (χ4v) is 4.69. The molecule has 0 spiro atoms. The molecule has 0 aliphatic rings. The Bertz CT molecular complexity index is 1280. The lowest BCUT2D eigenvalue weighted by Crippen LogP contribution is -2.28. The molecule has 1 atom stereocenters. The maximum atomic E-state index is 11.9. The van der Waals surface area contributed by atoms with Gasteiger partial charge in [-0.15, -0.1) is 0 Å². The van der Waals surface area contributed by atoms with Gasteiger partial charge in [0.05, 0.1) is 38.8 Å². The quantitative estimate of drug-likeness (QED) is 0.143. The molecule has 1 unspecified atom stereocenters. The second kappa shape index (κ2) is 17.1. The molecule has 0 aliphatic carbocycles. The van der Waals surface area contributed by atoms with E-state index in [4.69, 9.17) is 14.2 Å². The molecular weight excluding hydrogens is 534 g/mol. The lowest BCUT2D eigenvalue weighted by Gasteiger charge is -2.22. The highest BCUT2D eigenvalue weighted by atomic mass is 16.5. The number of amides is 1. The van der Waals surface area contributed by atoms with Crippen molar-refractivity contribution in [3.63, 3.8) is 0 Å². The number of carbonyl (C=O) groups is 2. The minimum Gasteiger partial charge on any atom is -0.493 e. The molecule has 228 valence electrons. The Morgan fingerprint density at radius 1 is 0.929 bits per heavy atom. The number of esters is 1. The Morgan fingerprint density at radius 2 is 1.62 bits per heavy atom. The monoisotopic (exact) mass is 579 g/mol. The number of aromatic nitrogens is 2. The van der Waals surface area contributed by atoms with Gasteiger partial charge in [-0.25, -0.2) is 9.97 Å². The number of anilines is 2. The zero-order valence-corrected chi connectivity index (χ0v) is 25.6. The van der Waals surface area contributed by atoms with Crippen molar-refractivity contribution in [3.05, 3.63) is 48.3 Å². The fourth-order valence-electron chi connectivity index (χ4n) is 4.69. The summed E-state index contributed by atoms with van der Waals surface area (Å²) in [4.78, 5) is 35.0. The molecule has 3 rings (SSSR count). The van der Waals surface area contributed by atoms with Crippen molar-refractivity contribution in [2.75, 3.05) is 45.8 Å². The average Bonchev–Trinajstić information content (AvgIpc) is 2.99. The summed E-state index contributed by atoms with van der Waals surface area (Å²) < 4.78 is 16.6. The standard InChI is InChI=1S/C32H45N5O5/c1-6-8-15-37(16-9-7-2)17-10-18-42-30-19-26-28(20-29(30)40-4)33-22-34-32(26)36-25-13-11-24(12-14-25)27(35-23(3)38)21-31(39)41-5/h11-14,19-20,22,27H,6-10,15-18,21H2,1-5H3,(H,35,38)(H,33,34,36). The molecule has 42 heavy (non-hydrogen) atoms. The molecule has 2 N–H and O–H groups in total. The van der Waals surface area contributed by atoms with Crippen LogP contribution in [0.4, 0.5) is 11.5 Å². The van der Waals surface area contributed by atoms with Crippen molar-refractivity contribution < 1.29 is 23.8 Å². The van der Waals surface area contributed by atoms with Gasteiger partial charge in [-0.05, 0) is 56.1 Å². The topological polar surface area (TPSA) is 115 Å². The van der Waals surface area contributed by atoms with Crippen LogP contribution >= 0.6 is 0 Å². The summed E-state index contributed by atoms with van der Waals surface area (Å²) in [6, 6.07) is 10.8. The van der Waals surface area contributed by atoms with E-state index in [0.29, 0.717) is 23.9 Å². The van der Waals surface area contributed by atoms with Crippen LogP contribution in [0.5, 0.6) is 11.5 Å². The van der Waals surface area contributed by atoms with E-state index in [9.17, 15) is 9.59 Å². The van der Waals surface area contributed by atoms with Gasteiger partial charge in [0.2, 0.25) is 5.91 Å². The van der Waals surface area contributed by atoms with Crippen LogP contribution in [0.3, 0.4) is 0 Å². The Labute approximate surface area is 249 Å². The molecule has 10 heteroatoms. The van der Waals surface area contributed by atoms with Gasteiger partial charge in [0.25, 0.3) is 0 Å². The van der Waals surface area contributed by atoms with Crippen LogP contribution in [0.25, 0.3) is 10.9 Å². The first-order chi connectivity index (χ1) is 20.4. The van der Waals surface area contributed by atoms with Crippen LogP contribution in [-0.4, -0.2) is 67.2 Å². The van der Waals surface area contributed by atoms with Crippen molar-refractivity contribution in [3.8, 4) is 11.5 Å². The Hall–Kier alpha value is -3.92. The minimum atomic E-state index is -0.485. The van der Waals surface area contributed by atoms with Crippen LogP contribution in [0.15, 0.2) is 42.7 Å². The number of rotatable bonds is 18. The second-order valence-electron chi connectivity index (χ2n) is 10.3. The Morgan fingerprint density at radius 3 is 2.24 bits per heavy atom. The van der Waals surface area contributed by atoms with Gasteiger partial charge in [-0.2, -0.15) is 0 Å². The highest BCUT2D eigenvalue weighted by molar-refractivity contribution is 5.93. The van der Waals surface area contributed by atoms with Crippen LogP contribution < -0.4 is 20.1 Å². The number of unbranched alkanes of at least 4 members (excludes halogenated alkanes) is 2. The fraction of sp³-hybridized carbons (Fsp3) is 0.500. The van der Waals surface area contributed by atoms with Crippen LogP contribution in [-0.2, 0) is 14.3 Å². The Kier molecular flexibility index (Phi) is 13.3. The number of ether oxygens (including phenoxy) is 3. The molecule has 10 nitrogen and oxygen atoms in total. The SMILES string of the molecule is CCCCN(CCCC)CCCOc1cc2c(Nc3ccc(C(CC(=O)OC)NC(C)=O)cc3)ncnc2cc1OC. The molecule has 0 fully saturated rings. The van der Waals surface area contributed by atoms with Crippen molar-refractivity contribution in [1.82, 2.24) is 20.2 Å². The van der Waals surface area contributed by atoms with Crippen molar-refractivity contribution >= 4 is 34.3 Å². The van der Waals surface area contributed by atoms with Gasteiger partial charge >= 0.3 is 5.97 Å². The summed E-state index contributed by atoms with van der Waals surface area (Å²) in [5.74, 6) is 1.27. The number of nitrogens with zero attached hydrogens (tertiary/aromatic N) is 3. The maximum Gasteiger partial charge on any atom is 0.307 e. The lowest BCUT2D eigenvalue weighted by molar-refractivity contribution is -0.141. The highest BCUT2D eigenvalue weighted by Crippen LogP contribution is 2.35. The molecular formula is C32H45N5O5. The van der Waals surface area contributed by atoms with E-state index in [1.54, 1.807) is 7.11 Å². The van der Waals surface area contributed by atoms with Crippen LogP contribution in [0.1, 0.15) is 70.9 Å². The highest BCUT2D eigenvalue weighted by Gasteiger charge is 2.18. The van der Waals surface area contributed by atoms with Gasteiger partial charge in [0, 0.05) is 30.6 Å². The third-order valence-corrected chi connectivity index (χ3v) is 7.00. The number of carbonyl (C=O) groups excluding carboxylic acids is 2. The smallest absolute Gasteiger partial charge is 0.307 e. The van der Waals surface area contributed by atoms with Gasteiger partial charge in [-0.1, -0.05) is 38.8 Å². The van der Waals surface area contributed by atoms with E-state index in [1.165, 1.54) is 46.0 Å². The molecule has 1 amide bonds. The predicted molar refractivity (Wildman–Crippen MR) is 165 cm³/mol. The zero-order valence-electron chi connectivity index (χ0n) is 25.6. The van der Waals surface area contributed by atoms with E-state index < -0.39 is 12.0 Å². The summed E-state index contributed by atoms with van der Waals surface area (Å²) in [6.07, 6.45) is 7.29. The largest absolute Gasteiger partial charge is 0.493 e. The van der Waals surface area contributed by atoms with Crippen molar-refractivity contribution in [2.24, 2.45) is 0 Å². The molecule has 0 aliphatic heterocycles. The lowest BCUT2D eigenvalue weighted by atomic mass is 10.0. The van der Waals surface area contributed by atoms with Crippen molar-refractivity contribution in [2.45, 2.75) is 65.3 Å². The third-order valence-electron chi connectivity index (χ3n) is 7.00. The predicted octanol–water partition coefficient (Wildman–Crippen LogP) is 5.79. The van der Waals surface area contributed by atoms with Gasteiger partial charge in [0.1, 0.15) is 12.1 Å². The zero-order chi connectivity index (χ0) is 30.3. The molecule has 0 radical (unpaired) electrons. The summed E-state index contributed by atoms with van der Waals surface area (Å²) in [5.41, 5.74) is 2.30. The summed E-state index contributed by atoms with van der Waals surface area (Å²) in [7, 11) is 2.95. The van der Waals surface area contributed by atoms with Gasteiger partial charge in [-0.3, -0.25) is 9.59 Å². The molecule has 1 aromatic heterocycles. The summed E-state index contributed by atoms with van der Waals surface area (Å²) in [5, 5.41) is 6.96. The second-order valence-corrected chi connectivity index (χ2v) is 10.3. The number of hydrogen-bond donors (Lipinski definition) is 2. The normalized spacial score (nSPS) is 11.8. The van der Waals surface area contributed by atoms with Gasteiger partial charge < -0.3 is 29.7 Å². The van der Waals surface area contributed by atoms with Crippen LogP contribution in [0, 0.1) is 0 Å². The molecule has 0 bridgehead atoms. The first-order valence-electron chi connectivity index (χ1n) is 14.8. The number of benzene rings is 2. The molecule has 2 aromatic carbocycles. The minimum absolute atomic E-state index is 0.0412. The maximum absolute atomic E-state index is 11.9. The van der Waals surface area contributed by atoms with Crippen LogP contribution in [0.2, 0.25) is 0 Å². The summed E-state index contributed by atoms with van der Waals surface area (Å²) >= 11 is 0. The molecule has 0 saturated heterocycles. The van der Waals surface area contributed by atoms with Crippen molar-refractivity contribution in [1.29, 1.82) is 0 Å². The Balaban J connectivity index is 1.74. The molecule has 0 saturated carbocycles. The first-order valence-corrected chi connectivity index (χ1v) is 14.8. The number of hydrogen-bond acceptors (Lipinski definition) is 9. The van der Waals surface area contributed by atoms with E-state index in [2.05, 4.69) is 39.3 Å². The van der Waals surface area contributed by atoms with E-state index in [-0.39, 0.29) is 12.3 Å². The number of nitrogens with one attached hydrogen (secondary N) is 2. The van der Waals surface area contributed by atoms with E-state index in [0.717, 1.165) is 48.2 Å². The van der Waals surface area contributed by atoms with E-state index >= 15 is 0 Å². The first kappa shape index (κ1) is 32.6.